The lowest BCUT2D eigenvalue weighted by atomic mass is 9.88. The van der Waals surface area contributed by atoms with Gasteiger partial charge in [0.1, 0.15) is 0 Å². The fraction of sp³-hybridized carbons (Fsp3) is 0.409. The summed E-state index contributed by atoms with van der Waals surface area (Å²) in [6, 6.07) is 16.6. The molecule has 0 heterocycles. The molecule has 136 valence electrons. The zero-order chi connectivity index (χ0) is 17.9. The molecule has 4 heteroatoms. The molecule has 3 atom stereocenters. The number of hydrogen-bond donors (Lipinski definition) is 3. The molecular weight excluding hydrogens is 324 g/mol. The largest absolute Gasteiger partial charge is 0.393 e. The van der Waals surface area contributed by atoms with Gasteiger partial charge >= 0.3 is 6.03 Å². The van der Waals surface area contributed by atoms with Crippen LogP contribution in [0.4, 0.5) is 10.5 Å². The van der Waals surface area contributed by atoms with Crippen LogP contribution in [0, 0.1) is 0 Å². The fourth-order valence-corrected chi connectivity index (χ4v) is 4.37. The number of rotatable bonds is 3. The molecule has 4 rings (SSSR count). The van der Waals surface area contributed by atoms with Crippen molar-refractivity contribution in [2.75, 3.05) is 5.32 Å². The molecule has 0 saturated heterocycles. The standard InChI is InChI=1S/C22H26N2O2/c25-19-12-10-16-7-4-8-21(20(16)14-19)24-22(26)23-18-11-9-17(13-18)15-5-2-1-3-6-15/h1-8,17-19,25H,9-14H2,(H2,23,24,26)/t17-,18+,19+/m0/s1. The number of amides is 2. The van der Waals surface area contributed by atoms with Crippen molar-refractivity contribution in [3.63, 3.8) is 0 Å². The van der Waals surface area contributed by atoms with Crippen LogP contribution in [0.1, 0.15) is 48.3 Å². The molecule has 0 radical (unpaired) electrons. The highest BCUT2D eigenvalue weighted by Gasteiger charge is 2.27. The average Bonchev–Trinajstić information content (AvgIpc) is 3.11. The van der Waals surface area contributed by atoms with E-state index in [1.54, 1.807) is 0 Å². The van der Waals surface area contributed by atoms with Crippen LogP contribution in [0.15, 0.2) is 48.5 Å². The molecule has 2 aliphatic rings. The number of aliphatic hydroxyl groups is 1. The van der Waals surface area contributed by atoms with E-state index < -0.39 is 0 Å². The molecule has 1 fully saturated rings. The Kier molecular flexibility index (Phi) is 4.93. The van der Waals surface area contributed by atoms with E-state index in [0.717, 1.165) is 43.4 Å². The van der Waals surface area contributed by atoms with E-state index in [9.17, 15) is 9.90 Å². The van der Waals surface area contributed by atoms with E-state index in [1.807, 2.05) is 18.2 Å². The third kappa shape index (κ3) is 3.75. The Balaban J connectivity index is 1.37. The Morgan fingerprint density at radius 2 is 1.85 bits per heavy atom. The number of anilines is 1. The molecule has 2 aliphatic carbocycles. The minimum atomic E-state index is -0.310. The number of carbonyl (C=O) groups excluding carboxylic acids is 1. The monoisotopic (exact) mass is 350 g/mol. The number of aryl methyl sites for hydroxylation is 1. The van der Waals surface area contributed by atoms with Crippen molar-refractivity contribution in [3.8, 4) is 0 Å². The normalized spacial score (nSPS) is 24.7. The van der Waals surface area contributed by atoms with E-state index >= 15 is 0 Å². The molecule has 3 N–H and O–H groups in total. The van der Waals surface area contributed by atoms with Crippen LogP contribution >= 0.6 is 0 Å². The van der Waals surface area contributed by atoms with Gasteiger partial charge in [-0.1, -0.05) is 42.5 Å². The first kappa shape index (κ1) is 17.1. The minimum Gasteiger partial charge on any atom is -0.393 e. The van der Waals surface area contributed by atoms with Crippen LogP contribution in [-0.4, -0.2) is 23.3 Å². The van der Waals surface area contributed by atoms with Gasteiger partial charge in [-0.15, -0.1) is 0 Å². The average molecular weight is 350 g/mol. The van der Waals surface area contributed by atoms with Crippen molar-refractivity contribution < 1.29 is 9.90 Å². The molecule has 2 aromatic carbocycles. The van der Waals surface area contributed by atoms with E-state index in [4.69, 9.17) is 0 Å². The fourth-order valence-electron chi connectivity index (χ4n) is 4.37. The molecule has 0 bridgehead atoms. The number of urea groups is 1. The number of benzene rings is 2. The summed E-state index contributed by atoms with van der Waals surface area (Å²) in [7, 11) is 0. The van der Waals surface area contributed by atoms with Crippen molar-refractivity contribution in [1.82, 2.24) is 5.32 Å². The molecule has 2 aromatic rings. The second-order valence-electron chi connectivity index (χ2n) is 7.56. The van der Waals surface area contributed by atoms with Gasteiger partial charge in [0.05, 0.1) is 6.10 Å². The second kappa shape index (κ2) is 7.50. The Hall–Kier alpha value is -2.33. The molecular formula is C22H26N2O2. The summed E-state index contributed by atoms with van der Waals surface area (Å²) in [4.78, 5) is 12.5. The summed E-state index contributed by atoms with van der Waals surface area (Å²) >= 11 is 0. The highest BCUT2D eigenvalue weighted by Crippen LogP contribution is 2.34. The lowest BCUT2D eigenvalue weighted by Crippen LogP contribution is -2.37. The molecule has 0 unspecified atom stereocenters. The van der Waals surface area contributed by atoms with Gasteiger partial charge in [-0.2, -0.15) is 0 Å². The molecule has 0 spiro atoms. The smallest absolute Gasteiger partial charge is 0.319 e. The molecule has 0 aliphatic heterocycles. The van der Waals surface area contributed by atoms with Gasteiger partial charge in [-0.25, -0.2) is 4.79 Å². The SMILES string of the molecule is O=C(Nc1cccc2c1C[C@H](O)CC2)N[C@@H]1CC[C@H](c2ccccc2)C1. The number of aliphatic hydroxyl groups excluding tert-OH is 1. The maximum absolute atomic E-state index is 12.5. The van der Waals surface area contributed by atoms with Crippen LogP contribution < -0.4 is 10.6 Å². The number of nitrogens with one attached hydrogen (secondary N) is 2. The Labute approximate surface area is 154 Å². The van der Waals surface area contributed by atoms with Crippen molar-refractivity contribution in [2.24, 2.45) is 0 Å². The van der Waals surface area contributed by atoms with Gasteiger partial charge in [0.15, 0.2) is 0 Å². The molecule has 0 aromatic heterocycles. The second-order valence-corrected chi connectivity index (χ2v) is 7.56. The van der Waals surface area contributed by atoms with Gasteiger partial charge in [0.2, 0.25) is 0 Å². The predicted molar refractivity (Wildman–Crippen MR) is 103 cm³/mol. The predicted octanol–water partition coefficient (Wildman–Crippen LogP) is 3.99. The van der Waals surface area contributed by atoms with Crippen molar-refractivity contribution in [1.29, 1.82) is 0 Å². The zero-order valence-electron chi connectivity index (χ0n) is 14.9. The third-order valence-corrected chi connectivity index (χ3v) is 5.75. The molecule has 4 nitrogen and oxygen atoms in total. The summed E-state index contributed by atoms with van der Waals surface area (Å²) in [6.45, 7) is 0. The van der Waals surface area contributed by atoms with Crippen LogP contribution in [0.25, 0.3) is 0 Å². The highest BCUT2D eigenvalue weighted by molar-refractivity contribution is 5.90. The first-order valence-electron chi connectivity index (χ1n) is 9.60. The van der Waals surface area contributed by atoms with Crippen LogP contribution in [0.2, 0.25) is 0 Å². The van der Waals surface area contributed by atoms with Gasteiger partial charge in [0.25, 0.3) is 0 Å². The van der Waals surface area contributed by atoms with E-state index in [2.05, 4.69) is 41.0 Å². The first-order chi connectivity index (χ1) is 12.7. The number of carbonyl (C=O) groups is 1. The molecule has 2 amide bonds. The summed E-state index contributed by atoms with van der Waals surface area (Å²) in [5.41, 5.74) is 4.51. The van der Waals surface area contributed by atoms with Gasteiger partial charge in [0, 0.05) is 18.2 Å². The molecule has 1 saturated carbocycles. The Bertz CT molecular complexity index is 775. The van der Waals surface area contributed by atoms with Crippen LogP contribution in [0.5, 0.6) is 0 Å². The van der Waals surface area contributed by atoms with Crippen molar-refractivity contribution in [2.45, 2.75) is 56.6 Å². The van der Waals surface area contributed by atoms with Crippen LogP contribution in [-0.2, 0) is 12.8 Å². The van der Waals surface area contributed by atoms with Gasteiger partial charge in [-0.3, -0.25) is 0 Å². The zero-order valence-corrected chi connectivity index (χ0v) is 14.9. The summed E-state index contributed by atoms with van der Waals surface area (Å²) in [5.74, 6) is 0.529. The third-order valence-electron chi connectivity index (χ3n) is 5.75. The van der Waals surface area contributed by atoms with E-state index in [-0.39, 0.29) is 18.2 Å². The topological polar surface area (TPSA) is 61.4 Å². The Morgan fingerprint density at radius 1 is 1.00 bits per heavy atom. The summed E-state index contributed by atoms with van der Waals surface area (Å²) in [5, 5.41) is 16.1. The van der Waals surface area contributed by atoms with Crippen molar-refractivity contribution in [3.05, 3.63) is 65.2 Å². The maximum atomic E-state index is 12.5. The van der Waals surface area contributed by atoms with Gasteiger partial charge < -0.3 is 15.7 Å². The summed E-state index contributed by atoms with van der Waals surface area (Å²) < 4.78 is 0. The number of hydrogen-bond acceptors (Lipinski definition) is 2. The van der Waals surface area contributed by atoms with Crippen LogP contribution in [0.3, 0.4) is 0 Å². The molecule has 26 heavy (non-hydrogen) atoms. The maximum Gasteiger partial charge on any atom is 0.319 e. The minimum absolute atomic E-state index is 0.142. The lowest BCUT2D eigenvalue weighted by molar-refractivity contribution is 0.159. The quantitative estimate of drug-likeness (QED) is 0.784. The first-order valence-corrected chi connectivity index (χ1v) is 9.60. The van der Waals surface area contributed by atoms with Gasteiger partial charge in [-0.05, 0) is 60.8 Å². The lowest BCUT2D eigenvalue weighted by Gasteiger charge is -2.24. The summed E-state index contributed by atoms with van der Waals surface area (Å²) in [6.07, 6.45) is 5.09. The highest BCUT2D eigenvalue weighted by atomic mass is 16.3. The Morgan fingerprint density at radius 3 is 2.69 bits per heavy atom. The number of fused-ring (bicyclic) bond motifs is 1. The van der Waals surface area contributed by atoms with E-state index in [1.165, 1.54) is 11.1 Å². The van der Waals surface area contributed by atoms with E-state index in [0.29, 0.717) is 12.3 Å². The van der Waals surface area contributed by atoms with Crippen molar-refractivity contribution >= 4 is 11.7 Å².